The molecule has 7 nitrogen and oxygen atoms in total. The Morgan fingerprint density at radius 2 is 1.73 bits per heavy atom. The van der Waals surface area contributed by atoms with Gasteiger partial charge >= 0.3 is 0 Å². The van der Waals surface area contributed by atoms with E-state index in [0.717, 1.165) is 25.1 Å². The van der Waals surface area contributed by atoms with Crippen LogP contribution >= 0.6 is 0 Å². The summed E-state index contributed by atoms with van der Waals surface area (Å²) in [7, 11) is -3.47. The lowest BCUT2D eigenvalue weighted by Gasteiger charge is -2.44. The number of carbonyl (C=O) groups excluding carboxylic acids is 1. The van der Waals surface area contributed by atoms with Crippen molar-refractivity contribution in [1.82, 2.24) is 19.0 Å². The molecule has 0 unspecified atom stereocenters. The molecule has 1 amide bonds. The zero-order chi connectivity index (χ0) is 21.3. The third kappa shape index (κ3) is 4.42. The van der Waals surface area contributed by atoms with E-state index in [1.165, 1.54) is 19.4 Å². The SMILES string of the molecule is CC[C@H]1CN2CCC[C@@H]2CN1C(=O)CN1CCN(S(=O)(=O)c2ccc(C)cc2)CC1. The molecule has 3 heterocycles. The molecular formula is C22H34N4O3S. The van der Waals surface area contributed by atoms with Crippen LogP contribution in [0.25, 0.3) is 0 Å². The molecule has 30 heavy (non-hydrogen) atoms. The zero-order valence-electron chi connectivity index (χ0n) is 18.2. The van der Waals surface area contributed by atoms with Crippen molar-refractivity contribution in [1.29, 1.82) is 0 Å². The number of hydrogen-bond acceptors (Lipinski definition) is 5. The van der Waals surface area contributed by atoms with Crippen LogP contribution in [0.4, 0.5) is 0 Å². The van der Waals surface area contributed by atoms with Crippen molar-refractivity contribution in [2.24, 2.45) is 0 Å². The van der Waals surface area contributed by atoms with Crippen molar-refractivity contribution in [2.45, 2.75) is 50.1 Å². The van der Waals surface area contributed by atoms with E-state index in [2.05, 4.69) is 21.6 Å². The lowest BCUT2D eigenvalue weighted by atomic mass is 10.0. The van der Waals surface area contributed by atoms with Crippen LogP contribution in [0.3, 0.4) is 0 Å². The highest BCUT2D eigenvalue weighted by Gasteiger charge is 2.38. The van der Waals surface area contributed by atoms with Crippen LogP contribution in [0.2, 0.25) is 0 Å². The van der Waals surface area contributed by atoms with Gasteiger partial charge in [0.05, 0.1) is 11.4 Å². The van der Waals surface area contributed by atoms with E-state index in [9.17, 15) is 13.2 Å². The fourth-order valence-electron chi connectivity index (χ4n) is 5.01. The molecule has 1 aromatic rings. The van der Waals surface area contributed by atoms with E-state index in [0.29, 0.717) is 49.7 Å². The second-order valence-corrected chi connectivity index (χ2v) is 10.8. The van der Waals surface area contributed by atoms with Crippen LogP contribution in [0, 0.1) is 6.92 Å². The minimum atomic E-state index is -3.47. The van der Waals surface area contributed by atoms with E-state index in [-0.39, 0.29) is 5.91 Å². The first-order chi connectivity index (χ1) is 14.4. The maximum absolute atomic E-state index is 13.1. The van der Waals surface area contributed by atoms with E-state index in [1.807, 2.05) is 19.1 Å². The summed E-state index contributed by atoms with van der Waals surface area (Å²) in [6, 6.07) is 7.83. The Balaban J connectivity index is 1.33. The number of fused-ring (bicyclic) bond motifs is 1. The number of hydrogen-bond donors (Lipinski definition) is 0. The molecule has 166 valence electrons. The molecule has 0 N–H and O–H groups in total. The number of sulfonamides is 1. The smallest absolute Gasteiger partial charge is 0.243 e. The second-order valence-electron chi connectivity index (χ2n) is 8.89. The summed E-state index contributed by atoms with van der Waals surface area (Å²) in [5.74, 6) is 0.197. The van der Waals surface area contributed by atoms with Crippen LogP contribution in [0.15, 0.2) is 29.2 Å². The van der Waals surface area contributed by atoms with Gasteiger partial charge in [0.25, 0.3) is 0 Å². The number of benzene rings is 1. The van der Waals surface area contributed by atoms with Crippen LogP contribution < -0.4 is 0 Å². The van der Waals surface area contributed by atoms with Crippen molar-refractivity contribution in [3.63, 3.8) is 0 Å². The van der Waals surface area contributed by atoms with Crippen molar-refractivity contribution in [2.75, 3.05) is 52.4 Å². The average Bonchev–Trinajstić information content (AvgIpc) is 3.21. The predicted molar refractivity (Wildman–Crippen MR) is 117 cm³/mol. The van der Waals surface area contributed by atoms with Gasteiger partial charge in [0.1, 0.15) is 0 Å². The normalized spacial score (nSPS) is 26.7. The molecule has 0 aliphatic carbocycles. The van der Waals surface area contributed by atoms with Crippen LogP contribution in [-0.2, 0) is 14.8 Å². The number of nitrogens with zero attached hydrogens (tertiary/aromatic N) is 4. The van der Waals surface area contributed by atoms with Crippen LogP contribution in [0.1, 0.15) is 31.7 Å². The maximum Gasteiger partial charge on any atom is 0.243 e. The summed E-state index contributed by atoms with van der Waals surface area (Å²) >= 11 is 0. The minimum absolute atomic E-state index is 0.197. The first kappa shape index (κ1) is 21.7. The monoisotopic (exact) mass is 434 g/mol. The molecule has 3 fully saturated rings. The quantitative estimate of drug-likeness (QED) is 0.701. The highest BCUT2D eigenvalue weighted by atomic mass is 32.2. The van der Waals surface area contributed by atoms with Gasteiger partial charge in [-0.05, 0) is 44.9 Å². The summed E-state index contributed by atoms with van der Waals surface area (Å²) < 4.78 is 27.3. The molecule has 3 saturated heterocycles. The van der Waals surface area contributed by atoms with E-state index < -0.39 is 10.0 Å². The summed E-state index contributed by atoms with van der Waals surface area (Å²) in [6.45, 7) is 9.55. The Morgan fingerprint density at radius 1 is 1.03 bits per heavy atom. The Bertz CT molecular complexity index is 850. The van der Waals surface area contributed by atoms with E-state index >= 15 is 0 Å². The molecule has 0 bridgehead atoms. The molecular weight excluding hydrogens is 400 g/mol. The molecule has 8 heteroatoms. The molecule has 0 aromatic heterocycles. The third-order valence-electron chi connectivity index (χ3n) is 6.93. The molecule has 3 aliphatic heterocycles. The predicted octanol–water partition coefficient (Wildman–Crippen LogP) is 1.39. The van der Waals surface area contributed by atoms with Gasteiger partial charge in [0.2, 0.25) is 15.9 Å². The van der Waals surface area contributed by atoms with Gasteiger partial charge in [-0.25, -0.2) is 8.42 Å². The summed E-state index contributed by atoms with van der Waals surface area (Å²) in [5.41, 5.74) is 1.04. The molecule has 3 aliphatic rings. The molecule has 1 aromatic carbocycles. The van der Waals surface area contributed by atoms with Crippen LogP contribution in [-0.4, -0.2) is 97.8 Å². The van der Waals surface area contributed by atoms with E-state index in [1.54, 1.807) is 16.4 Å². The molecule has 0 saturated carbocycles. The zero-order valence-corrected chi connectivity index (χ0v) is 19.0. The lowest BCUT2D eigenvalue weighted by molar-refractivity contribution is -0.138. The van der Waals surface area contributed by atoms with Crippen LogP contribution in [0.5, 0.6) is 0 Å². The van der Waals surface area contributed by atoms with Gasteiger partial charge in [-0.1, -0.05) is 24.6 Å². The van der Waals surface area contributed by atoms with Crippen molar-refractivity contribution in [3.05, 3.63) is 29.8 Å². The van der Waals surface area contributed by atoms with Crippen molar-refractivity contribution < 1.29 is 13.2 Å². The summed E-state index contributed by atoms with van der Waals surface area (Å²) in [5, 5.41) is 0. The number of aryl methyl sites for hydroxylation is 1. The molecule has 4 rings (SSSR count). The fraction of sp³-hybridized carbons (Fsp3) is 0.682. The van der Waals surface area contributed by atoms with Gasteiger partial charge in [0, 0.05) is 51.4 Å². The highest BCUT2D eigenvalue weighted by Crippen LogP contribution is 2.26. The van der Waals surface area contributed by atoms with Gasteiger partial charge in [-0.3, -0.25) is 14.6 Å². The molecule has 0 spiro atoms. The number of amides is 1. The molecule has 0 radical (unpaired) electrons. The first-order valence-electron chi connectivity index (χ1n) is 11.2. The third-order valence-corrected chi connectivity index (χ3v) is 8.85. The van der Waals surface area contributed by atoms with Gasteiger partial charge in [-0.15, -0.1) is 0 Å². The lowest BCUT2D eigenvalue weighted by Crippen LogP contribution is -2.60. The number of piperazine rings is 2. The Kier molecular flexibility index (Phi) is 6.48. The number of rotatable bonds is 5. The van der Waals surface area contributed by atoms with Gasteiger partial charge in [-0.2, -0.15) is 4.31 Å². The largest absolute Gasteiger partial charge is 0.336 e. The summed E-state index contributed by atoms with van der Waals surface area (Å²) in [6.07, 6.45) is 3.41. The Labute approximate surface area is 180 Å². The van der Waals surface area contributed by atoms with E-state index in [4.69, 9.17) is 0 Å². The Morgan fingerprint density at radius 3 is 2.40 bits per heavy atom. The highest BCUT2D eigenvalue weighted by molar-refractivity contribution is 7.89. The second kappa shape index (κ2) is 8.94. The standard InChI is InChI=1S/C22H34N4O3S/c1-3-19-15-24-10-4-5-20(24)16-26(19)22(27)17-23-11-13-25(14-12-23)30(28,29)21-8-6-18(2)7-9-21/h6-9,19-20H,3-5,10-17H2,1-2H3/t19-,20+/m0/s1. The Hall–Kier alpha value is -1.48. The molecule has 2 atom stereocenters. The fourth-order valence-corrected chi connectivity index (χ4v) is 6.43. The summed E-state index contributed by atoms with van der Waals surface area (Å²) in [4.78, 5) is 20.2. The topological polar surface area (TPSA) is 64.2 Å². The average molecular weight is 435 g/mol. The van der Waals surface area contributed by atoms with Crippen molar-refractivity contribution >= 4 is 15.9 Å². The van der Waals surface area contributed by atoms with Gasteiger partial charge < -0.3 is 4.90 Å². The maximum atomic E-state index is 13.1. The van der Waals surface area contributed by atoms with Crippen molar-refractivity contribution in [3.8, 4) is 0 Å². The minimum Gasteiger partial charge on any atom is -0.336 e. The van der Waals surface area contributed by atoms with Gasteiger partial charge in [0.15, 0.2) is 0 Å². The first-order valence-corrected chi connectivity index (χ1v) is 12.6. The number of carbonyl (C=O) groups is 1.